The van der Waals surface area contributed by atoms with E-state index in [1.807, 2.05) is 17.0 Å². The third-order valence-corrected chi connectivity index (χ3v) is 4.72. The van der Waals surface area contributed by atoms with E-state index in [1.165, 1.54) is 0 Å². The third kappa shape index (κ3) is 3.32. The molecule has 2 aromatic rings. The highest BCUT2D eigenvalue weighted by Gasteiger charge is 2.23. The van der Waals surface area contributed by atoms with Crippen LogP contribution < -0.4 is 30.0 Å². The molecule has 0 unspecified atom stereocenters. The molecule has 1 fully saturated rings. The van der Waals surface area contributed by atoms with Gasteiger partial charge >= 0.3 is 0 Å². The van der Waals surface area contributed by atoms with Gasteiger partial charge in [-0.1, -0.05) is 0 Å². The fourth-order valence-electron chi connectivity index (χ4n) is 3.45. The minimum atomic E-state index is -0.145. The molecule has 0 radical (unpaired) electrons. The molecule has 0 spiro atoms. The van der Waals surface area contributed by atoms with Crippen LogP contribution in [0.5, 0.6) is 17.2 Å². The highest BCUT2D eigenvalue weighted by Crippen LogP contribution is 2.41. The van der Waals surface area contributed by atoms with E-state index in [-0.39, 0.29) is 18.4 Å². The summed E-state index contributed by atoms with van der Waals surface area (Å²) in [5.41, 5.74) is 0.924. The smallest absolute Gasteiger partial charge is 0.290 e. The topological polar surface area (TPSA) is 88.7 Å². The van der Waals surface area contributed by atoms with Gasteiger partial charge in [-0.25, -0.2) is 4.98 Å². The molecule has 138 valence electrons. The van der Waals surface area contributed by atoms with Gasteiger partial charge in [0, 0.05) is 38.1 Å². The predicted octanol–water partition coefficient (Wildman–Crippen LogP) is 1.27. The molecule has 0 amide bonds. The lowest BCUT2D eigenvalue weighted by atomic mass is 10.0. The number of ether oxygens (including phenoxy) is 3. The van der Waals surface area contributed by atoms with Crippen molar-refractivity contribution in [2.24, 2.45) is 0 Å². The quantitative estimate of drug-likeness (QED) is 0.832. The number of benzene rings is 1. The lowest BCUT2D eigenvalue weighted by Gasteiger charge is -2.33. The van der Waals surface area contributed by atoms with Crippen LogP contribution in [0.3, 0.4) is 0 Å². The second-order valence-electron chi connectivity index (χ2n) is 6.44. The molecular weight excluding hydrogens is 336 g/mol. The molecule has 3 heterocycles. The van der Waals surface area contributed by atoms with Crippen molar-refractivity contribution in [1.29, 1.82) is 0 Å². The monoisotopic (exact) mass is 358 g/mol. The fraction of sp³-hybridized carbons (Fsp3) is 0.444. The zero-order chi connectivity index (χ0) is 17.9. The standard InChI is InChI=1S/C18H22N4O4/c1-24-14-7-12(8-15-16(14)26-11-25-15)9-21-13-3-2-6-22(10-13)17-18(23)20-5-4-19-17/h4-5,7-8,13,21H,2-3,6,9-11H2,1H3,(H,20,23)/t13-/m1/s1. The number of hydrogen-bond acceptors (Lipinski definition) is 7. The van der Waals surface area contributed by atoms with Crippen LogP contribution in [0.2, 0.25) is 0 Å². The minimum Gasteiger partial charge on any atom is -0.493 e. The van der Waals surface area contributed by atoms with Gasteiger partial charge in [0.2, 0.25) is 12.5 Å². The molecule has 26 heavy (non-hydrogen) atoms. The molecule has 0 saturated carbocycles. The Morgan fingerprint density at radius 3 is 3.19 bits per heavy atom. The minimum absolute atomic E-state index is 0.145. The molecule has 0 bridgehead atoms. The van der Waals surface area contributed by atoms with Gasteiger partial charge in [0.15, 0.2) is 17.3 Å². The zero-order valence-corrected chi connectivity index (χ0v) is 14.7. The van der Waals surface area contributed by atoms with Crippen LogP contribution in [0.15, 0.2) is 29.3 Å². The van der Waals surface area contributed by atoms with Gasteiger partial charge in [-0.2, -0.15) is 0 Å². The summed E-state index contributed by atoms with van der Waals surface area (Å²) < 4.78 is 16.3. The number of H-pyrrole nitrogens is 1. The van der Waals surface area contributed by atoms with Gasteiger partial charge in [-0.15, -0.1) is 0 Å². The van der Waals surface area contributed by atoms with Crippen LogP contribution in [0.1, 0.15) is 18.4 Å². The largest absolute Gasteiger partial charge is 0.493 e. The number of anilines is 1. The first kappa shape index (κ1) is 16.7. The average molecular weight is 358 g/mol. The molecule has 1 aromatic heterocycles. The van der Waals surface area contributed by atoms with Crippen molar-refractivity contribution < 1.29 is 14.2 Å². The Bertz CT molecular complexity index is 838. The van der Waals surface area contributed by atoms with E-state index >= 15 is 0 Å². The summed E-state index contributed by atoms with van der Waals surface area (Å²) in [6.45, 7) is 2.50. The SMILES string of the molecule is COc1cc(CN[C@@H]2CCCN(c3ncc[nH]c3=O)C2)cc2c1OCO2. The van der Waals surface area contributed by atoms with E-state index in [2.05, 4.69) is 15.3 Å². The first-order valence-electron chi connectivity index (χ1n) is 8.73. The highest BCUT2D eigenvalue weighted by atomic mass is 16.7. The molecular formula is C18H22N4O4. The molecule has 2 aliphatic heterocycles. The van der Waals surface area contributed by atoms with Crippen molar-refractivity contribution in [3.8, 4) is 17.2 Å². The van der Waals surface area contributed by atoms with Gasteiger partial charge in [-0.3, -0.25) is 4.79 Å². The van der Waals surface area contributed by atoms with Crippen LogP contribution in [-0.4, -0.2) is 43.0 Å². The van der Waals surface area contributed by atoms with Crippen LogP contribution >= 0.6 is 0 Å². The normalized spacial score (nSPS) is 18.8. The van der Waals surface area contributed by atoms with Crippen molar-refractivity contribution in [2.75, 3.05) is 31.9 Å². The average Bonchev–Trinajstić information content (AvgIpc) is 3.15. The summed E-state index contributed by atoms with van der Waals surface area (Å²) in [4.78, 5) is 20.9. The van der Waals surface area contributed by atoms with Crippen LogP contribution in [0.4, 0.5) is 5.82 Å². The number of fused-ring (bicyclic) bond motifs is 1. The summed E-state index contributed by atoms with van der Waals surface area (Å²) in [7, 11) is 1.62. The molecule has 4 rings (SSSR count). The number of methoxy groups -OCH3 is 1. The van der Waals surface area contributed by atoms with Crippen LogP contribution in [0, 0.1) is 0 Å². The Balaban J connectivity index is 1.42. The zero-order valence-electron chi connectivity index (χ0n) is 14.7. The second-order valence-corrected chi connectivity index (χ2v) is 6.44. The summed E-state index contributed by atoms with van der Waals surface area (Å²) in [5, 5.41) is 3.57. The molecule has 8 heteroatoms. The van der Waals surface area contributed by atoms with Gasteiger partial charge in [0.25, 0.3) is 5.56 Å². The summed E-state index contributed by atoms with van der Waals surface area (Å²) in [6.07, 6.45) is 5.24. The molecule has 0 aliphatic carbocycles. The van der Waals surface area contributed by atoms with Crippen LogP contribution in [-0.2, 0) is 6.54 Å². The number of nitrogens with one attached hydrogen (secondary N) is 2. The number of aromatic nitrogens is 2. The Labute approximate surface area is 151 Å². The Morgan fingerprint density at radius 1 is 1.42 bits per heavy atom. The van der Waals surface area contributed by atoms with E-state index in [4.69, 9.17) is 14.2 Å². The second kappa shape index (κ2) is 7.25. The van der Waals surface area contributed by atoms with Crippen molar-refractivity contribution >= 4 is 5.82 Å². The molecule has 8 nitrogen and oxygen atoms in total. The highest BCUT2D eigenvalue weighted by molar-refractivity contribution is 5.55. The first-order valence-corrected chi connectivity index (χ1v) is 8.73. The maximum atomic E-state index is 12.0. The summed E-state index contributed by atoms with van der Waals surface area (Å²) in [6, 6.07) is 4.22. The predicted molar refractivity (Wildman–Crippen MR) is 96.0 cm³/mol. The third-order valence-electron chi connectivity index (χ3n) is 4.72. The Morgan fingerprint density at radius 2 is 2.35 bits per heavy atom. The van der Waals surface area contributed by atoms with Crippen molar-refractivity contribution in [3.05, 3.63) is 40.4 Å². The first-order chi connectivity index (χ1) is 12.7. The van der Waals surface area contributed by atoms with E-state index < -0.39 is 0 Å². The number of nitrogens with zero attached hydrogens (tertiary/aromatic N) is 2. The summed E-state index contributed by atoms with van der Waals surface area (Å²) >= 11 is 0. The Kier molecular flexibility index (Phi) is 4.66. The lowest BCUT2D eigenvalue weighted by molar-refractivity contribution is 0.171. The molecule has 1 aromatic carbocycles. The number of hydrogen-bond donors (Lipinski definition) is 2. The number of piperidine rings is 1. The lowest BCUT2D eigenvalue weighted by Crippen LogP contribution is -2.47. The summed E-state index contributed by atoms with van der Waals surface area (Å²) in [5.74, 6) is 2.55. The van der Waals surface area contributed by atoms with Crippen molar-refractivity contribution in [3.63, 3.8) is 0 Å². The molecule has 1 saturated heterocycles. The van der Waals surface area contributed by atoms with E-state index in [1.54, 1.807) is 19.5 Å². The van der Waals surface area contributed by atoms with Gasteiger partial charge in [0.1, 0.15) is 0 Å². The van der Waals surface area contributed by atoms with E-state index in [0.717, 1.165) is 31.5 Å². The van der Waals surface area contributed by atoms with Gasteiger partial charge in [0.05, 0.1) is 7.11 Å². The van der Waals surface area contributed by atoms with E-state index in [0.29, 0.717) is 29.6 Å². The maximum Gasteiger partial charge on any atom is 0.290 e. The van der Waals surface area contributed by atoms with E-state index in [9.17, 15) is 4.79 Å². The molecule has 1 atom stereocenters. The maximum absolute atomic E-state index is 12.0. The van der Waals surface area contributed by atoms with Gasteiger partial charge in [-0.05, 0) is 30.5 Å². The number of aromatic amines is 1. The molecule has 2 N–H and O–H groups in total. The van der Waals surface area contributed by atoms with Crippen LogP contribution in [0.25, 0.3) is 0 Å². The Hall–Kier alpha value is -2.74. The number of rotatable bonds is 5. The van der Waals surface area contributed by atoms with Crippen molar-refractivity contribution in [1.82, 2.24) is 15.3 Å². The van der Waals surface area contributed by atoms with Gasteiger partial charge < -0.3 is 29.4 Å². The molecule has 2 aliphatic rings. The fourth-order valence-corrected chi connectivity index (χ4v) is 3.45. The van der Waals surface area contributed by atoms with Crippen molar-refractivity contribution in [2.45, 2.75) is 25.4 Å².